The lowest BCUT2D eigenvalue weighted by Gasteiger charge is -2.14. The highest BCUT2D eigenvalue weighted by molar-refractivity contribution is 6.26. The summed E-state index contributed by atoms with van der Waals surface area (Å²) >= 11 is 0. The number of rotatable bonds is 1. The molecule has 0 unspecified atom stereocenters. The lowest BCUT2D eigenvalue weighted by molar-refractivity contribution is -0.136. The van der Waals surface area contributed by atoms with Crippen molar-refractivity contribution >= 4 is 28.1 Å². The minimum Gasteiger partial charge on any atom is -0.339 e. The molecule has 1 aliphatic carbocycles. The largest absolute Gasteiger partial charge is 0.417 e. The van der Waals surface area contributed by atoms with E-state index in [1.54, 1.807) is 12.1 Å². The fraction of sp³-hybridized carbons (Fsp3) is 0.238. The van der Waals surface area contributed by atoms with Gasteiger partial charge in [-0.15, -0.1) is 0 Å². The Bertz CT molecular complexity index is 1100. The number of halogens is 3. The van der Waals surface area contributed by atoms with Crippen LogP contribution in [-0.4, -0.2) is 10.8 Å². The second-order valence-electron chi connectivity index (χ2n) is 6.99. The number of fused-ring (bicyclic) bond motifs is 1. The van der Waals surface area contributed by atoms with E-state index in [2.05, 4.69) is 15.3 Å². The van der Waals surface area contributed by atoms with Gasteiger partial charge in [-0.2, -0.15) is 13.2 Å². The van der Waals surface area contributed by atoms with Crippen LogP contribution < -0.4 is 5.32 Å². The predicted octanol–water partition coefficient (Wildman–Crippen LogP) is 5.64. The van der Waals surface area contributed by atoms with Gasteiger partial charge in [0.25, 0.3) is 0 Å². The first-order valence-electron chi connectivity index (χ1n) is 8.97. The normalized spacial score (nSPS) is 17.2. The molecular weight excluding hydrogens is 351 g/mol. The van der Waals surface area contributed by atoms with Gasteiger partial charge in [0.15, 0.2) is 5.82 Å². The molecule has 0 bridgehead atoms. The molecule has 0 fully saturated rings. The van der Waals surface area contributed by atoms with E-state index in [0.29, 0.717) is 28.3 Å². The van der Waals surface area contributed by atoms with Crippen LogP contribution >= 0.6 is 0 Å². The summed E-state index contributed by atoms with van der Waals surface area (Å²) < 4.78 is 40.0. The quantitative estimate of drug-likeness (QED) is 0.605. The van der Waals surface area contributed by atoms with E-state index in [1.165, 1.54) is 29.7 Å². The summed E-state index contributed by atoms with van der Waals surface area (Å²) in [6, 6.07) is 9.52. The van der Waals surface area contributed by atoms with Gasteiger partial charge < -0.3 is 5.32 Å². The first-order valence-corrected chi connectivity index (χ1v) is 8.97. The predicted molar refractivity (Wildman–Crippen MR) is 99.6 cm³/mol. The third-order valence-corrected chi connectivity index (χ3v) is 5.29. The van der Waals surface area contributed by atoms with Crippen LogP contribution in [0.2, 0.25) is 0 Å². The summed E-state index contributed by atoms with van der Waals surface area (Å²) in [6.07, 6.45) is 1.89. The number of amidine groups is 1. The Hall–Kier alpha value is -2.89. The van der Waals surface area contributed by atoms with Crippen LogP contribution in [0.4, 0.5) is 24.7 Å². The van der Waals surface area contributed by atoms with Crippen LogP contribution in [0.25, 0.3) is 10.8 Å². The van der Waals surface area contributed by atoms with Gasteiger partial charge in [0, 0.05) is 22.8 Å². The van der Waals surface area contributed by atoms with Crippen LogP contribution in [-0.2, 0) is 19.0 Å². The van der Waals surface area contributed by atoms with E-state index < -0.39 is 11.7 Å². The summed E-state index contributed by atoms with van der Waals surface area (Å²) in [4.78, 5) is 9.04. The summed E-state index contributed by atoms with van der Waals surface area (Å²) in [5, 5.41) is 3.91. The Balaban J connectivity index is 1.63. The van der Waals surface area contributed by atoms with Gasteiger partial charge in [0.05, 0.1) is 5.56 Å². The summed E-state index contributed by atoms with van der Waals surface area (Å²) in [5.41, 5.74) is 3.23. The van der Waals surface area contributed by atoms with Crippen molar-refractivity contribution < 1.29 is 13.2 Å². The highest BCUT2D eigenvalue weighted by Crippen LogP contribution is 2.41. The number of pyridine rings is 1. The zero-order chi connectivity index (χ0) is 18.6. The van der Waals surface area contributed by atoms with E-state index in [0.717, 1.165) is 25.3 Å². The van der Waals surface area contributed by atoms with E-state index in [9.17, 15) is 13.2 Å². The molecule has 2 heterocycles. The van der Waals surface area contributed by atoms with Gasteiger partial charge in [0.2, 0.25) is 0 Å². The minimum absolute atomic E-state index is 0.189. The Morgan fingerprint density at radius 3 is 2.63 bits per heavy atom. The van der Waals surface area contributed by atoms with Crippen molar-refractivity contribution in [3.05, 3.63) is 64.8 Å². The van der Waals surface area contributed by atoms with E-state index in [4.69, 9.17) is 0 Å². The van der Waals surface area contributed by atoms with Crippen LogP contribution in [0.15, 0.2) is 47.6 Å². The molecule has 0 saturated carbocycles. The van der Waals surface area contributed by atoms with Gasteiger partial charge in [-0.25, -0.2) is 9.98 Å². The molecule has 1 aliphatic heterocycles. The Kier molecular flexibility index (Phi) is 3.50. The van der Waals surface area contributed by atoms with Crippen LogP contribution in [0.1, 0.15) is 35.1 Å². The summed E-state index contributed by atoms with van der Waals surface area (Å²) in [5.74, 6) is 1.12. The molecule has 1 N–H and O–H groups in total. The molecule has 5 rings (SSSR count). The highest BCUT2D eigenvalue weighted by atomic mass is 19.4. The Morgan fingerprint density at radius 2 is 1.81 bits per heavy atom. The number of benzene rings is 2. The van der Waals surface area contributed by atoms with Crippen molar-refractivity contribution in [2.24, 2.45) is 4.99 Å². The van der Waals surface area contributed by atoms with Crippen molar-refractivity contribution in [1.29, 1.82) is 0 Å². The molecule has 1 aromatic heterocycles. The van der Waals surface area contributed by atoms with Crippen molar-refractivity contribution in [3.8, 4) is 0 Å². The van der Waals surface area contributed by atoms with Gasteiger partial charge in [-0.1, -0.05) is 18.2 Å². The second-order valence-corrected chi connectivity index (χ2v) is 6.99. The molecule has 0 amide bonds. The fourth-order valence-corrected chi connectivity index (χ4v) is 4.02. The number of aliphatic imine (C=N–C) groups is 1. The maximum absolute atomic E-state index is 13.3. The maximum atomic E-state index is 13.3. The van der Waals surface area contributed by atoms with Crippen molar-refractivity contribution in [1.82, 2.24) is 4.98 Å². The summed E-state index contributed by atoms with van der Waals surface area (Å²) in [6.45, 7) is 0. The Morgan fingerprint density at radius 1 is 1.00 bits per heavy atom. The molecule has 3 nitrogen and oxygen atoms in total. The third-order valence-electron chi connectivity index (χ3n) is 5.29. The average molecular weight is 367 g/mol. The van der Waals surface area contributed by atoms with Crippen molar-refractivity contribution in [3.63, 3.8) is 0 Å². The van der Waals surface area contributed by atoms with E-state index in [-0.39, 0.29) is 5.39 Å². The number of nitrogens with one attached hydrogen (secondary N) is 1. The van der Waals surface area contributed by atoms with E-state index >= 15 is 0 Å². The van der Waals surface area contributed by atoms with Gasteiger partial charge >= 0.3 is 6.18 Å². The lowest BCUT2D eigenvalue weighted by atomic mass is 9.93. The SMILES string of the molecule is FC(F)(F)c1ccc2c3c(cccc13)C(=Nc1cc3c(cn1)CCCC3)N2. The summed E-state index contributed by atoms with van der Waals surface area (Å²) in [7, 11) is 0. The molecule has 0 atom stereocenters. The Labute approximate surface area is 154 Å². The minimum atomic E-state index is -4.39. The lowest BCUT2D eigenvalue weighted by Crippen LogP contribution is -2.07. The highest BCUT2D eigenvalue weighted by Gasteiger charge is 2.34. The van der Waals surface area contributed by atoms with Crippen LogP contribution in [0.5, 0.6) is 0 Å². The monoisotopic (exact) mass is 367 g/mol. The second kappa shape index (κ2) is 5.81. The van der Waals surface area contributed by atoms with E-state index in [1.807, 2.05) is 12.3 Å². The fourth-order valence-electron chi connectivity index (χ4n) is 4.02. The molecule has 2 aliphatic rings. The van der Waals surface area contributed by atoms with Crippen LogP contribution in [0.3, 0.4) is 0 Å². The maximum Gasteiger partial charge on any atom is 0.417 e. The first-order chi connectivity index (χ1) is 13.0. The van der Waals surface area contributed by atoms with Crippen LogP contribution in [0, 0.1) is 0 Å². The number of hydrogen-bond acceptors (Lipinski definition) is 2. The number of aryl methyl sites for hydroxylation is 2. The standard InChI is InChI=1S/C21H16F3N3/c22-21(23,24)16-8-9-17-19-14(16)6-3-7-15(19)20(26-17)27-18-10-12-4-1-2-5-13(12)11-25-18/h3,6-11H,1-2,4-5H2,(H,25,26,27). The number of anilines is 1. The molecule has 0 spiro atoms. The number of nitrogens with zero attached hydrogens (tertiary/aromatic N) is 2. The molecule has 136 valence electrons. The molecule has 2 aromatic carbocycles. The number of alkyl halides is 3. The number of hydrogen-bond donors (Lipinski definition) is 1. The molecule has 27 heavy (non-hydrogen) atoms. The van der Waals surface area contributed by atoms with Gasteiger partial charge in [-0.3, -0.25) is 0 Å². The van der Waals surface area contributed by atoms with Crippen molar-refractivity contribution in [2.45, 2.75) is 31.9 Å². The molecule has 0 radical (unpaired) electrons. The third kappa shape index (κ3) is 2.67. The zero-order valence-corrected chi connectivity index (χ0v) is 14.4. The molecule has 6 heteroatoms. The van der Waals surface area contributed by atoms with Gasteiger partial charge in [0.1, 0.15) is 5.84 Å². The topological polar surface area (TPSA) is 37.3 Å². The van der Waals surface area contributed by atoms with Gasteiger partial charge in [-0.05, 0) is 60.4 Å². The zero-order valence-electron chi connectivity index (χ0n) is 14.4. The molecule has 0 saturated heterocycles. The number of aromatic nitrogens is 1. The molecular formula is C21H16F3N3. The average Bonchev–Trinajstić information content (AvgIpc) is 3.00. The molecule has 3 aromatic rings. The first kappa shape index (κ1) is 16.3. The van der Waals surface area contributed by atoms with Crippen molar-refractivity contribution in [2.75, 3.05) is 5.32 Å². The smallest absolute Gasteiger partial charge is 0.339 e.